The molecule has 4 aromatic rings. The first-order valence-electron chi connectivity index (χ1n) is 10.8. The third-order valence-electron chi connectivity index (χ3n) is 5.47. The van der Waals surface area contributed by atoms with E-state index in [9.17, 15) is 28.4 Å². The van der Waals surface area contributed by atoms with E-state index in [1.165, 1.54) is 6.92 Å². The highest BCUT2D eigenvalue weighted by atomic mass is 19.4. The number of rotatable bonds is 5. The molecule has 0 radical (unpaired) electrons. The monoisotopic (exact) mass is 492 g/mol. The number of oxazole rings is 1. The van der Waals surface area contributed by atoms with Crippen molar-refractivity contribution in [2.75, 3.05) is 0 Å². The van der Waals surface area contributed by atoms with Crippen molar-refractivity contribution < 1.29 is 27.1 Å². The molecule has 1 N–H and O–H groups in total. The first-order chi connectivity index (χ1) is 17.1. The molecule has 0 spiro atoms. The standard InChI is InChI=1S/C26H19F3N4O3/c1-15-6-8-18(9-7-15)25-32-22(19-5-3-4-17(12-19)13-30)23(36-25)24(34)31-16(2)20-10-11-21(26(27,28)29)33(35)14-20/h3-12,14,16H,1-2H3,(H,31,34)/t16-/m1/s1. The number of hydrogen-bond acceptors (Lipinski definition) is 5. The molecule has 182 valence electrons. The fourth-order valence-corrected chi connectivity index (χ4v) is 3.54. The Morgan fingerprint density at radius 3 is 2.50 bits per heavy atom. The Hall–Kier alpha value is -4.65. The average Bonchev–Trinajstić information content (AvgIpc) is 3.29. The molecule has 10 heteroatoms. The summed E-state index contributed by atoms with van der Waals surface area (Å²) in [6, 6.07) is 16.8. The molecule has 0 bridgehead atoms. The van der Waals surface area contributed by atoms with E-state index in [0.717, 1.165) is 17.8 Å². The van der Waals surface area contributed by atoms with E-state index in [0.29, 0.717) is 22.8 Å². The summed E-state index contributed by atoms with van der Waals surface area (Å²) in [7, 11) is 0. The predicted molar refractivity (Wildman–Crippen MR) is 123 cm³/mol. The number of hydrogen-bond donors (Lipinski definition) is 1. The van der Waals surface area contributed by atoms with E-state index in [-0.39, 0.29) is 27.6 Å². The molecule has 0 saturated heterocycles. The number of carbonyl (C=O) groups is 1. The number of amides is 1. The fraction of sp³-hybridized carbons (Fsp3) is 0.154. The molecule has 0 unspecified atom stereocenters. The van der Waals surface area contributed by atoms with Gasteiger partial charge in [0.1, 0.15) is 5.69 Å². The summed E-state index contributed by atoms with van der Waals surface area (Å²) in [6.07, 6.45) is -4.03. The Morgan fingerprint density at radius 2 is 1.86 bits per heavy atom. The number of nitrogens with one attached hydrogen (secondary N) is 1. The number of benzene rings is 2. The summed E-state index contributed by atoms with van der Waals surface area (Å²) >= 11 is 0. The van der Waals surface area contributed by atoms with E-state index >= 15 is 0 Å². The lowest BCUT2D eigenvalue weighted by molar-refractivity contribution is -0.629. The Bertz CT molecular complexity index is 1470. The van der Waals surface area contributed by atoms with Crippen LogP contribution in [0.5, 0.6) is 0 Å². The van der Waals surface area contributed by atoms with Crippen LogP contribution < -0.4 is 10.0 Å². The number of halogens is 3. The molecular formula is C26H19F3N4O3. The van der Waals surface area contributed by atoms with Crippen LogP contribution in [-0.2, 0) is 6.18 Å². The SMILES string of the molecule is Cc1ccc(-c2nc(-c3cccc(C#N)c3)c(C(=O)N[C@H](C)c3ccc(C(F)(F)F)[n+]([O-])c3)o2)cc1. The first-order valence-corrected chi connectivity index (χ1v) is 10.8. The molecule has 7 nitrogen and oxygen atoms in total. The van der Waals surface area contributed by atoms with E-state index in [2.05, 4.69) is 10.3 Å². The van der Waals surface area contributed by atoms with Gasteiger partial charge >= 0.3 is 6.18 Å². The van der Waals surface area contributed by atoms with Crippen molar-refractivity contribution in [3.63, 3.8) is 0 Å². The van der Waals surface area contributed by atoms with Gasteiger partial charge in [0.05, 0.1) is 17.7 Å². The molecule has 1 atom stereocenters. The van der Waals surface area contributed by atoms with Crippen LogP contribution in [0.25, 0.3) is 22.7 Å². The zero-order chi connectivity index (χ0) is 26.0. The second kappa shape index (κ2) is 9.54. The zero-order valence-corrected chi connectivity index (χ0v) is 19.1. The Kier molecular flexibility index (Phi) is 6.49. The number of carbonyl (C=O) groups excluding carboxylic acids is 1. The highest BCUT2D eigenvalue weighted by Crippen LogP contribution is 2.31. The summed E-state index contributed by atoms with van der Waals surface area (Å²) < 4.78 is 44.3. The van der Waals surface area contributed by atoms with Gasteiger partial charge in [-0.25, -0.2) is 4.98 Å². The predicted octanol–water partition coefficient (Wildman–Crippen LogP) is 5.33. The Labute approximate surface area is 204 Å². The van der Waals surface area contributed by atoms with Gasteiger partial charge in [-0.15, -0.1) is 0 Å². The number of aryl methyl sites for hydroxylation is 1. The maximum Gasteiger partial charge on any atom is 0.478 e. The molecule has 2 aromatic heterocycles. The van der Waals surface area contributed by atoms with Gasteiger partial charge in [-0.2, -0.15) is 23.2 Å². The molecule has 0 saturated carbocycles. The van der Waals surface area contributed by atoms with Crippen LogP contribution in [0.2, 0.25) is 0 Å². The molecule has 4 rings (SSSR count). The van der Waals surface area contributed by atoms with Gasteiger partial charge in [-0.1, -0.05) is 29.8 Å². The number of alkyl halides is 3. The summed E-state index contributed by atoms with van der Waals surface area (Å²) in [6.45, 7) is 3.44. The van der Waals surface area contributed by atoms with Gasteiger partial charge in [0.25, 0.3) is 11.6 Å². The summed E-state index contributed by atoms with van der Waals surface area (Å²) in [5.41, 5.74) is 1.48. The van der Waals surface area contributed by atoms with Gasteiger partial charge in [0.15, 0.2) is 6.20 Å². The molecule has 1 amide bonds. The lowest BCUT2D eigenvalue weighted by Crippen LogP contribution is -2.38. The van der Waals surface area contributed by atoms with Gasteiger partial charge in [-0.05, 0) is 44.2 Å². The number of pyridine rings is 1. The Morgan fingerprint density at radius 1 is 1.14 bits per heavy atom. The summed E-state index contributed by atoms with van der Waals surface area (Å²) in [4.78, 5) is 17.7. The van der Waals surface area contributed by atoms with Crippen molar-refractivity contribution in [3.8, 4) is 28.8 Å². The highest BCUT2D eigenvalue weighted by molar-refractivity contribution is 5.98. The minimum atomic E-state index is -4.80. The van der Waals surface area contributed by atoms with Crippen LogP contribution in [0.15, 0.2) is 71.3 Å². The third kappa shape index (κ3) is 5.05. The van der Waals surface area contributed by atoms with Crippen LogP contribution in [0.1, 0.15) is 45.9 Å². The van der Waals surface area contributed by atoms with E-state index < -0.39 is 23.8 Å². The van der Waals surface area contributed by atoms with E-state index in [1.807, 2.05) is 25.1 Å². The van der Waals surface area contributed by atoms with Gasteiger partial charge in [-0.3, -0.25) is 4.79 Å². The number of nitrogens with zero attached hydrogens (tertiary/aromatic N) is 3. The van der Waals surface area contributed by atoms with Crippen LogP contribution >= 0.6 is 0 Å². The lowest BCUT2D eigenvalue weighted by Gasteiger charge is -2.15. The summed E-state index contributed by atoms with van der Waals surface area (Å²) in [5.74, 6) is -0.658. The van der Waals surface area contributed by atoms with E-state index in [4.69, 9.17) is 4.42 Å². The van der Waals surface area contributed by atoms with Crippen molar-refractivity contribution in [3.05, 3.63) is 100 Å². The normalized spacial score (nSPS) is 12.1. The van der Waals surface area contributed by atoms with Crippen molar-refractivity contribution >= 4 is 5.91 Å². The molecule has 36 heavy (non-hydrogen) atoms. The second-order valence-corrected chi connectivity index (χ2v) is 8.12. The van der Waals surface area contributed by atoms with Gasteiger partial charge in [0.2, 0.25) is 11.7 Å². The van der Waals surface area contributed by atoms with Gasteiger partial charge in [0, 0.05) is 22.8 Å². The van der Waals surface area contributed by atoms with E-state index in [1.54, 1.807) is 36.4 Å². The molecule has 0 aliphatic carbocycles. The van der Waals surface area contributed by atoms with Crippen LogP contribution in [0.4, 0.5) is 13.2 Å². The molecule has 0 aliphatic rings. The zero-order valence-electron chi connectivity index (χ0n) is 19.1. The van der Waals surface area contributed by atoms with Crippen LogP contribution in [-0.4, -0.2) is 10.9 Å². The maximum absolute atomic E-state index is 13.2. The van der Waals surface area contributed by atoms with Crippen molar-refractivity contribution in [1.82, 2.24) is 10.3 Å². The molecule has 0 aliphatic heterocycles. The maximum atomic E-state index is 13.2. The largest absolute Gasteiger partial charge is 0.618 e. The number of nitriles is 1. The smallest absolute Gasteiger partial charge is 0.478 e. The molecule has 2 heterocycles. The topological polar surface area (TPSA) is 106 Å². The van der Waals surface area contributed by atoms with Crippen LogP contribution in [0.3, 0.4) is 0 Å². The first kappa shape index (κ1) is 24.5. The van der Waals surface area contributed by atoms with Crippen LogP contribution in [0, 0.1) is 23.5 Å². The minimum Gasteiger partial charge on any atom is -0.618 e. The van der Waals surface area contributed by atoms with Gasteiger partial charge < -0.3 is 14.9 Å². The lowest BCUT2D eigenvalue weighted by atomic mass is 10.1. The second-order valence-electron chi connectivity index (χ2n) is 8.12. The average molecular weight is 492 g/mol. The third-order valence-corrected chi connectivity index (χ3v) is 5.47. The highest BCUT2D eigenvalue weighted by Gasteiger charge is 2.39. The molecular weight excluding hydrogens is 473 g/mol. The number of aromatic nitrogens is 2. The quantitative estimate of drug-likeness (QED) is 0.299. The van der Waals surface area contributed by atoms with Crippen molar-refractivity contribution in [1.29, 1.82) is 5.26 Å². The van der Waals surface area contributed by atoms with Crippen molar-refractivity contribution in [2.45, 2.75) is 26.1 Å². The Balaban J connectivity index is 1.70. The molecule has 2 aromatic carbocycles. The molecule has 0 fully saturated rings. The minimum absolute atomic E-state index is 0.144. The fourth-order valence-electron chi connectivity index (χ4n) is 3.54. The summed E-state index contributed by atoms with van der Waals surface area (Å²) in [5, 5.41) is 23.8. The van der Waals surface area contributed by atoms with Crippen molar-refractivity contribution in [2.24, 2.45) is 0 Å².